The van der Waals surface area contributed by atoms with Crippen LogP contribution in [0.5, 0.6) is 0 Å². The van der Waals surface area contributed by atoms with Crippen LogP contribution in [-0.4, -0.2) is 33.9 Å². The van der Waals surface area contributed by atoms with Gasteiger partial charge < -0.3 is 10.2 Å². The fourth-order valence-corrected chi connectivity index (χ4v) is 2.65. The molecule has 6 heteroatoms. The van der Waals surface area contributed by atoms with Gasteiger partial charge in [0.15, 0.2) is 0 Å². The number of hydrogen-bond acceptors (Lipinski definition) is 4. The van der Waals surface area contributed by atoms with Crippen LogP contribution in [0.25, 0.3) is 0 Å². The van der Waals surface area contributed by atoms with Crippen LogP contribution < -0.4 is 5.32 Å². The number of halogens is 1. The number of benzene rings is 1. The molecular formula is C16H17ClN4O. The molecule has 1 aromatic heterocycles. The predicted octanol–water partition coefficient (Wildman–Crippen LogP) is 2.98. The Morgan fingerprint density at radius 3 is 2.55 bits per heavy atom. The quantitative estimate of drug-likeness (QED) is 0.942. The molecule has 0 aliphatic carbocycles. The summed E-state index contributed by atoms with van der Waals surface area (Å²) in [6, 6.07) is 7.61. The van der Waals surface area contributed by atoms with Gasteiger partial charge in [0.05, 0.1) is 5.56 Å². The van der Waals surface area contributed by atoms with Crippen LogP contribution in [0.2, 0.25) is 5.02 Å². The van der Waals surface area contributed by atoms with E-state index >= 15 is 0 Å². The highest BCUT2D eigenvalue weighted by Crippen LogP contribution is 2.16. The van der Waals surface area contributed by atoms with E-state index in [1.165, 1.54) is 0 Å². The molecule has 114 valence electrons. The molecule has 1 aromatic carbocycles. The van der Waals surface area contributed by atoms with Crippen molar-refractivity contribution in [3.63, 3.8) is 0 Å². The zero-order valence-corrected chi connectivity index (χ0v) is 12.9. The summed E-state index contributed by atoms with van der Waals surface area (Å²) in [4.78, 5) is 22.4. The molecule has 1 amide bonds. The number of amides is 1. The van der Waals surface area contributed by atoms with E-state index < -0.39 is 0 Å². The van der Waals surface area contributed by atoms with E-state index in [2.05, 4.69) is 15.3 Å². The number of likely N-dealkylation sites (tertiary alicyclic amines) is 1. The maximum absolute atomic E-state index is 12.2. The molecule has 2 aromatic rings. The van der Waals surface area contributed by atoms with Crippen molar-refractivity contribution in [2.75, 3.05) is 18.4 Å². The summed E-state index contributed by atoms with van der Waals surface area (Å²) in [5.74, 6) is 0.494. The van der Waals surface area contributed by atoms with Gasteiger partial charge in [-0.3, -0.25) is 4.79 Å². The van der Waals surface area contributed by atoms with Crippen molar-refractivity contribution in [3.8, 4) is 0 Å². The number of aromatic nitrogens is 2. The monoisotopic (exact) mass is 316 g/mol. The highest BCUT2D eigenvalue weighted by Gasteiger charge is 2.19. The Kier molecular flexibility index (Phi) is 4.53. The van der Waals surface area contributed by atoms with Crippen molar-refractivity contribution < 1.29 is 4.79 Å². The molecule has 0 unspecified atom stereocenters. The fraction of sp³-hybridized carbons (Fsp3) is 0.312. The van der Waals surface area contributed by atoms with E-state index in [-0.39, 0.29) is 5.91 Å². The summed E-state index contributed by atoms with van der Waals surface area (Å²) >= 11 is 6.10. The van der Waals surface area contributed by atoms with Crippen molar-refractivity contribution in [1.29, 1.82) is 0 Å². The number of rotatable bonds is 4. The summed E-state index contributed by atoms with van der Waals surface area (Å²) < 4.78 is 0. The predicted molar refractivity (Wildman–Crippen MR) is 85.9 cm³/mol. The lowest BCUT2D eigenvalue weighted by molar-refractivity contribution is 0.0792. The van der Waals surface area contributed by atoms with E-state index in [1.807, 2.05) is 29.2 Å². The van der Waals surface area contributed by atoms with E-state index in [4.69, 9.17) is 11.6 Å². The number of carbonyl (C=O) groups excluding carboxylic acids is 1. The number of nitrogens with zero attached hydrogens (tertiary/aromatic N) is 3. The fourth-order valence-electron chi connectivity index (χ4n) is 2.45. The standard InChI is InChI=1S/C16H17ClN4O/c17-14-6-2-1-5-12(14)9-18-16-19-10-13(11-20-16)15(22)21-7-3-4-8-21/h1-2,5-6,10-11H,3-4,7-9H2,(H,18,19,20). The Balaban J connectivity index is 1.62. The van der Waals surface area contributed by atoms with Gasteiger partial charge in [0, 0.05) is 37.1 Å². The summed E-state index contributed by atoms with van der Waals surface area (Å²) in [5, 5.41) is 3.81. The number of carbonyl (C=O) groups is 1. The lowest BCUT2D eigenvalue weighted by Gasteiger charge is -2.14. The Morgan fingerprint density at radius 1 is 1.18 bits per heavy atom. The first-order chi connectivity index (χ1) is 10.7. The SMILES string of the molecule is O=C(c1cnc(NCc2ccccc2Cl)nc1)N1CCCC1. The van der Waals surface area contributed by atoms with Crippen molar-refractivity contribution in [3.05, 3.63) is 52.8 Å². The minimum absolute atomic E-state index is 0.00940. The topological polar surface area (TPSA) is 58.1 Å². The minimum Gasteiger partial charge on any atom is -0.350 e. The van der Waals surface area contributed by atoms with Gasteiger partial charge in [-0.25, -0.2) is 9.97 Å². The Morgan fingerprint density at radius 2 is 1.86 bits per heavy atom. The largest absolute Gasteiger partial charge is 0.350 e. The molecule has 5 nitrogen and oxygen atoms in total. The van der Waals surface area contributed by atoms with Crippen LogP contribution in [0, 0.1) is 0 Å². The van der Waals surface area contributed by atoms with Crippen molar-refractivity contribution in [2.45, 2.75) is 19.4 Å². The number of anilines is 1. The third-order valence-corrected chi connectivity index (χ3v) is 4.06. The van der Waals surface area contributed by atoms with Crippen LogP contribution in [0.1, 0.15) is 28.8 Å². The summed E-state index contributed by atoms with van der Waals surface area (Å²) in [6.07, 6.45) is 5.29. The van der Waals surface area contributed by atoms with Gasteiger partial charge in [0.2, 0.25) is 5.95 Å². The molecule has 2 heterocycles. The van der Waals surface area contributed by atoms with Gasteiger partial charge in [-0.05, 0) is 24.5 Å². The Labute approximate surface area is 134 Å². The summed E-state index contributed by atoms with van der Waals surface area (Å²) in [7, 11) is 0. The second kappa shape index (κ2) is 6.75. The molecule has 0 radical (unpaired) electrons. The zero-order chi connectivity index (χ0) is 15.4. The first-order valence-electron chi connectivity index (χ1n) is 7.32. The van der Waals surface area contributed by atoms with Gasteiger partial charge in [0.25, 0.3) is 5.91 Å². The van der Waals surface area contributed by atoms with Gasteiger partial charge in [-0.2, -0.15) is 0 Å². The highest BCUT2D eigenvalue weighted by molar-refractivity contribution is 6.31. The molecule has 0 bridgehead atoms. The van der Waals surface area contributed by atoms with Crippen LogP contribution >= 0.6 is 11.6 Å². The van der Waals surface area contributed by atoms with Gasteiger partial charge >= 0.3 is 0 Å². The number of nitrogens with one attached hydrogen (secondary N) is 1. The molecule has 1 N–H and O–H groups in total. The zero-order valence-electron chi connectivity index (χ0n) is 12.1. The van der Waals surface area contributed by atoms with E-state index in [9.17, 15) is 4.79 Å². The molecule has 1 aliphatic rings. The van der Waals surface area contributed by atoms with Crippen LogP contribution in [0.15, 0.2) is 36.7 Å². The van der Waals surface area contributed by atoms with E-state index in [0.29, 0.717) is 23.1 Å². The lowest BCUT2D eigenvalue weighted by atomic mass is 10.2. The lowest BCUT2D eigenvalue weighted by Crippen LogP contribution is -2.27. The normalized spacial score (nSPS) is 14.1. The third-order valence-electron chi connectivity index (χ3n) is 3.69. The summed E-state index contributed by atoms with van der Waals surface area (Å²) in [5.41, 5.74) is 1.51. The minimum atomic E-state index is 0.00940. The van der Waals surface area contributed by atoms with E-state index in [1.54, 1.807) is 12.4 Å². The molecule has 1 aliphatic heterocycles. The second-order valence-electron chi connectivity index (χ2n) is 5.24. The van der Waals surface area contributed by atoms with Crippen LogP contribution in [0.3, 0.4) is 0 Å². The first kappa shape index (κ1) is 14.8. The maximum Gasteiger partial charge on any atom is 0.256 e. The summed E-state index contributed by atoms with van der Waals surface area (Å²) in [6.45, 7) is 2.19. The maximum atomic E-state index is 12.2. The highest BCUT2D eigenvalue weighted by atomic mass is 35.5. The van der Waals surface area contributed by atoms with Gasteiger partial charge in [0.1, 0.15) is 0 Å². The smallest absolute Gasteiger partial charge is 0.256 e. The van der Waals surface area contributed by atoms with Crippen molar-refractivity contribution in [2.24, 2.45) is 0 Å². The molecule has 22 heavy (non-hydrogen) atoms. The van der Waals surface area contributed by atoms with Crippen LogP contribution in [-0.2, 0) is 6.54 Å². The molecule has 0 spiro atoms. The van der Waals surface area contributed by atoms with Crippen LogP contribution in [0.4, 0.5) is 5.95 Å². The molecule has 1 fully saturated rings. The average Bonchev–Trinajstić information content (AvgIpc) is 3.08. The van der Waals surface area contributed by atoms with Crippen molar-refractivity contribution >= 4 is 23.5 Å². The van der Waals surface area contributed by atoms with Gasteiger partial charge in [-0.1, -0.05) is 29.8 Å². The second-order valence-corrected chi connectivity index (χ2v) is 5.65. The Bertz CT molecular complexity index is 653. The Hall–Kier alpha value is -2.14. The third kappa shape index (κ3) is 3.36. The van der Waals surface area contributed by atoms with E-state index in [0.717, 1.165) is 31.5 Å². The molecule has 1 saturated heterocycles. The average molecular weight is 317 g/mol. The molecule has 3 rings (SSSR count). The molecular weight excluding hydrogens is 300 g/mol. The molecule has 0 atom stereocenters. The number of hydrogen-bond donors (Lipinski definition) is 1. The van der Waals surface area contributed by atoms with Gasteiger partial charge in [-0.15, -0.1) is 0 Å². The van der Waals surface area contributed by atoms with Crippen molar-refractivity contribution in [1.82, 2.24) is 14.9 Å². The first-order valence-corrected chi connectivity index (χ1v) is 7.70. The molecule has 0 saturated carbocycles.